The highest BCUT2D eigenvalue weighted by atomic mass is 16.6. The normalized spacial score (nSPS) is 11.1. The van der Waals surface area contributed by atoms with Gasteiger partial charge in [-0.3, -0.25) is 9.59 Å². The molecule has 4 heteroatoms. The van der Waals surface area contributed by atoms with Gasteiger partial charge in [0.05, 0.1) is 6.26 Å². The second kappa shape index (κ2) is 39.2. The molecule has 0 spiro atoms. The first-order chi connectivity index (χ1) is 20.6. The van der Waals surface area contributed by atoms with Gasteiger partial charge in [0.15, 0.2) is 0 Å². The molecule has 0 aromatic heterocycles. The molecule has 4 nitrogen and oxygen atoms in total. The Balaban J connectivity index is 0. The van der Waals surface area contributed by atoms with Crippen molar-refractivity contribution in [2.45, 2.75) is 194 Å². The van der Waals surface area contributed by atoms with Crippen molar-refractivity contribution in [3.8, 4) is 0 Å². The van der Waals surface area contributed by atoms with Crippen LogP contribution in [0.1, 0.15) is 194 Å². The molecule has 0 saturated carbocycles. The summed E-state index contributed by atoms with van der Waals surface area (Å²) < 4.78 is 4.99. The van der Waals surface area contributed by atoms with E-state index in [4.69, 9.17) is 9.84 Å². The van der Waals surface area contributed by atoms with E-state index in [0.717, 1.165) is 44.8 Å². The highest BCUT2D eigenvalue weighted by Gasteiger charge is 2.09. The molecule has 0 aliphatic carbocycles. The predicted octanol–water partition coefficient (Wildman–Crippen LogP) is 12.8. The molecule has 0 aliphatic heterocycles. The molecule has 42 heavy (non-hydrogen) atoms. The van der Waals surface area contributed by atoms with Crippen LogP contribution in [0.25, 0.3) is 0 Å². The van der Waals surface area contributed by atoms with Crippen LogP contribution < -0.4 is 0 Å². The number of unbranched alkanes of at least 4 members (excludes halogenated alkanes) is 22. The molecule has 0 aromatic rings. The number of rotatable bonds is 30. The third kappa shape index (κ3) is 40.3. The number of aliphatic hydroxyl groups excluding tert-OH is 1. The zero-order valence-corrected chi connectivity index (χ0v) is 28.1. The minimum Gasteiger partial charge on any atom is -0.516 e. The van der Waals surface area contributed by atoms with E-state index in [1.807, 2.05) is 0 Å². The zero-order valence-electron chi connectivity index (χ0n) is 28.1. The Morgan fingerprint density at radius 2 is 0.714 bits per heavy atom. The van der Waals surface area contributed by atoms with Crippen LogP contribution in [0.5, 0.6) is 0 Å². The van der Waals surface area contributed by atoms with E-state index in [-0.39, 0.29) is 11.9 Å². The van der Waals surface area contributed by atoms with Crippen LogP contribution in [0.15, 0.2) is 37.1 Å². The number of hydrogen-bond acceptors (Lipinski definition) is 4. The smallest absolute Gasteiger partial charge is 0.313 e. The molecule has 0 bridgehead atoms. The van der Waals surface area contributed by atoms with Gasteiger partial charge in [0, 0.05) is 12.8 Å². The van der Waals surface area contributed by atoms with Gasteiger partial charge in [0.1, 0.15) is 0 Å². The van der Waals surface area contributed by atoms with Gasteiger partial charge in [0.2, 0.25) is 0 Å². The molecule has 1 N–H and O–H groups in total. The molecular weight excluding hydrogens is 520 g/mol. The quantitative estimate of drug-likeness (QED) is 0.0297. The number of carbonyl (C=O) groups excluding carboxylic acids is 2. The van der Waals surface area contributed by atoms with Crippen molar-refractivity contribution in [3.63, 3.8) is 0 Å². The average Bonchev–Trinajstić information content (AvgIpc) is 2.97. The lowest BCUT2D eigenvalue weighted by Gasteiger charge is -2.04. The van der Waals surface area contributed by atoms with E-state index in [1.54, 1.807) is 0 Å². The Kier molecular flexibility index (Phi) is 39.4. The summed E-state index contributed by atoms with van der Waals surface area (Å²) >= 11 is 0. The minimum absolute atomic E-state index is 0.342. The van der Waals surface area contributed by atoms with E-state index in [1.165, 1.54) is 128 Å². The van der Waals surface area contributed by atoms with Crippen LogP contribution in [-0.4, -0.2) is 17.0 Å². The van der Waals surface area contributed by atoms with Crippen LogP contribution in [0.3, 0.4) is 0 Å². The van der Waals surface area contributed by atoms with Crippen LogP contribution in [0.4, 0.5) is 0 Å². The Hall–Kier alpha value is -1.84. The Morgan fingerprint density at radius 3 is 1.00 bits per heavy atom. The van der Waals surface area contributed by atoms with Crippen molar-refractivity contribution in [2.24, 2.45) is 0 Å². The summed E-state index contributed by atoms with van der Waals surface area (Å²) in [5, 5.41) is 7.33. The van der Waals surface area contributed by atoms with Gasteiger partial charge in [-0.05, 0) is 64.2 Å². The Morgan fingerprint density at radius 1 is 0.476 bits per heavy atom. The van der Waals surface area contributed by atoms with Crippen molar-refractivity contribution in [1.82, 2.24) is 0 Å². The summed E-state index contributed by atoms with van der Waals surface area (Å²) in [5.41, 5.74) is 0. The maximum atomic E-state index is 11.9. The molecule has 0 aliphatic rings. The first-order valence-corrected chi connectivity index (χ1v) is 17.9. The van der Waals surface area contributed by atoms with Gasteiger partial charge in [-0.15, -0.1) is 0 Å². The summed E-state index contributed by atoms with van der Waals surface area (Å²) in [4.78, 5) is 23.8. The first-order valence-electron chi connectivity index (χ1n) is 17.9. The van der Waals surface area contributed by atoms with E-state index < -0.39 is 0 Å². The first kappa shape index (κ1) is 42.3. The van der Waals surface area contributed by atoms with Crippen molar-refractivity contribution < 1.29 is 19.4 Å². The summed E-state index contributed by atoms with van der Waals surface area (Å²) in [6, 6.07) is 0. The lowest BCUT2D eigenvalue weighted by molar-refractivity contribution is -0.159. The van der Waals surface area contributed by atoms with Gasteiger partial charge in [0.25, 0.3) is 0 Å². The molecule has 246 valence electrons. The third-order valence-electron chi connectivity index (χ3n) is 7.51. The fourth-order valence-corrected chi connectivity index (χ4v) is 4.91. The minimum atomic E-state index is -0.342. The van der Waals surface area contributed by atoms with Gasteiger partial charge >= 0.3 is 11.9 Å². The van der Waals surface area contributed by atoms with Crippen LogP contribution in [-0.2, 0) is 14.3 Å². The van der Waals surface area contributed by atoms with E-state index in [2.05, 4.69) is 44.7 Å². The highest BCUT2D eigenvalue weighted by molar-refractivity contribution is 5.85. The van der Waals surface area contributed by atoms with Crippen molar-refractivity contribution in [2.75, 3.05) is 0 Å². The van der Waals surface area contributed by atoms with Crippen LogP contribution in [0, 0.1) is 0 Å². The topological polar surface area (TPSA) is 63.6 Å². The molecule has 0 radical (unpaired) electrons. The van der Waals surface area contributed by atoms with Gasteiger partial charge in [-0.1, -0.05) is 147 Å². The van der Waals surface area contributed by atoms with Crippen molar-refractivity contribution in [1.29, 1.82) is 0 Å². The molecule has 0 heterocycles. The lowest BCUT2D eigenvalue weighted by Crippen LogP contribution is -2.11. The summed E-state index contributed by atoms with van der Waals surface area (Å²) in [6.45, 7) is 7.45. The maximum Gasteiger partial charge on any atom is 0.313 e. The molecule has 0 rings (SSSR count). The summed E-state index contributed by atoms with van der Waals surface area (Å²) in [7, 11) is 0. The number of carbonyl (C=O) groups is 2. The summed E-state index contributed by atoms with van der Waals surface area (Å²) in [6.07, 6.45) is 43.0. The molecular formula is C38H70O4. The fraction of sp³-hybridized carbons (Fsp3) is 0.789. The summed E-state index contributed by atoms with van der Waals surface area (Å²) in [5.74, 6) is -0.684. The Labute approximate surface area is 261 Å². The molecule has 0 aromatic carbocycles. The number of esters is 2. The average molecular weight is 591 g/mol. The van der Waals surface area contributed by atoms with Crippen LogP contribution >= 0.6 is 0 Å². The number of allylic oxidation sites excluding steroid dienone is 4. The number of hydrogen-bond donors (Lipinski definition) is 1. The number of aliphatic hydroxyl groups is 1. The molecule has 0 fully saturated rings. The SMILES string of the molecule is C=CO.CCCCCCCCC=CCCCCCCCC(=O)OC(=O)CCCCCCC/C=C\CCCCCCCC. The lowest BCUT2D eigenvalue weighted by atomic mass is 10.1. The second-order valence-electron chi connectivity index (χ2n) is 11.7. The van der Waals surface area contributed by atoms with Crippen molar-refractivity contribution in [3.05, 3.63) is 37.1 Å². The van der Waals surface area contributed by atoms with Gasteiger partial charge in [-0.2, -0.15) is 0 Å². The highest BCUT2D eigenvalue weighted by Crippen LogP contribution is 2.12. The fourth-order valence-electron chi connectivity index (χ4n) is 4.91. The van der Waals surface area contributed by atoms with E-state index in [9.17, 15) is 9.59 Å². The van der Waals surface area contributed by atoms with E-state index >= 15 is 0 Å². The molecule has 0 saturated heterocycles. The monoisotopic (exact) mass is 591 g/mol. The zero-order chi connectivity index (χ0) is 31.2. The maximum absolute atomic E-state index is 11.9. The van der Waals surface area contributed by atoms with Gasteiger partial charge in [-0.25, -0.2) is 0 Å². The predicted molar refractivity (Wildman–Crippen MR) is 183 cm³/mol. The third-order valence-corrected chi connectivity index (χ3v) is 7.51. The largest absolute Gasteiger partial charge is 0.516 e. The van der Waals surface area contributed by atoms with Crippen molar-refractivity contribution >= 4 is 11.9 Å². The van der Waals surface area contributed by atoms with E-state index in [0.29, 0.717) is 12.8 Å². The Bertz CT molecular complexity index is 573. The number of ether oxygens (including phenoxy) is 1. The van der Waals surface area contributed by atoms with Crippen LogP contribution in [0.2, 0.25) is 0 Å². The van der Waals surface area contributed by atoms with Gasteiger partial charge < -0.3 is 9.84 Å². The molecule has 0 unspecified atom stereocenters. The molecule has 0 atom stereocenters. The second-order valence-corrected chi connectivity index (χ2v) is 11.7. The molecule has 0 amide bonds. The standard InChI is InChI=1S/C36H66O3.C2H4O/c1-3-5-7-9-11-13-15-17-19-21-23-25-27-29-31-33-35(37)39-36(38)34-32-30-28-26-24-22-20-18-16-14-12-10-8-6-4-2;1-2-3/h17-20H,3-16,21-34H2,1-2H3;2-3H,1H2/b19-17-,20-18?;.